The van der Waals surface area contributed by atoms with Gasteiger partial charge in [0.2, 0.25) is 0 Å². The van der Waals surface area contributed by atoms with E-state index in [1.807, 2.05) is 11.8 Å². The van der Waals surface area contributed by atoms with Crippen LogP contribution in [0.2, 0.25) is 0 Å². The van der Waals surface area contributed by atoms with E-state index in [9.17, 15) is 4.21 Å². The topological polar surface area (TPSA) is 29.1 Å². The van der Waals surface area contributed by atoms with E-state index >= 15 is 0 Å². The lowest BCUT2D eigenvalue weighted by Gasteiger charge is -2.25. The fraction of sp³-hybridized carbons (Fsp3) is 0.625. The zero-order valence-electron chi connectivity index (χ0n) is 11.8. The molecule has 0 atom stereocenters. The number of hydrogen-bond donors (Lipinski definition) is 1. The molecule has 1 aliphatic heterocycles. The summed E-state index contributed by atoms with van der Waals surface area (Å²) in [7, 11) is -0.573. The predicted octanol–water partition coefficient (Wildman–Crippen LogP) is 4.04. The number of para-hydroxylation sites is 1. The SMILES string of the molecule is O=S1CCC(Nc2ccccc2SC2CCCC2)CC1. The summed E-state index contributed by atoms with van der Waals surface area (Å²) in [6, 6.07) is 9.19. The molecule has 0 bridgehead atoms. The lowest BCUT2D eigenvalue weighted by atomic mass is 10.1. The first-order chi connectivity index (χ1) is 9.81. The van der Waals surface area contributed by atoms with Crippen LogP contribution in [-0.2, 0) is 10.8 Å². The molecule has 3 rings (SSSR count). The average molecular weight is 310 g/mol. The maximum Gasteiger partial charge on any atom is 0.0480 e. The monoisotopic (exact) mass is 309 g/mol. The molecule has 0 spiro atoms. The Hall–Kier alpha value is -0.480. The van der Waals surface area contributed by atoms with Crippen molar-refractivity contribution in [1.82, 2.24) is 0 Å². The Morgan fingerprint density at radius 2 is 1.75 bits per heavy atom. The third-order valence-electron chi connectivity index (χ3n) is 4.23. The summed E-state index contributed by atoms with van der Waals surface area (Å²) in [5.41, 5.74) is 1.28. The predicted molar refractivity (Wildman–Crippen MR) is 89.1 cm³/mol. The molecule has 1 heterocycles. The van der Waals surface area contributed by atoms with Crippen molar-refractivity contribution in [3.05, 3.63) is 24.3 Å². The number of hydrogen-bond acceptors (Lipinski definition) is 3. The van der Waals surface area contributed by atoms with Crippen LogP contribution in [0.3, 0.4) is 0 Å². The molecule has 1 N–H and O–H groups in total. The minimum Gasteiger partial charge on any atom is -0.381 e. The molecule has 1 saturated heterocycles. The molecule has 0 aromatic heterocycles. The van der Waals surface area contributed by atoms with E-state index in [1.165, 1.54) is 36.3 Å². The van der Waals surface area contributed by atoms with Gasteiger partial charge in [0.1, 0.15) is 0 Å². The zero-order valence-corrected chi connectivity index (χ0v) is 13.5. The molecule has 1 aromatic carbocycles. The third kappa shape index (κ3) is 3.79. The first-order valence-electron chi connectivity index (χ1n) is 7.68. The van der Waals surface area contributed by atoms with Gasteiger partial charge < -0.3 is 5.32 Å². The van der Waals surface area contributed by atoms with Crippen molar-refractivity contribution in [2.24, 2.45) is 0 Å². The lowest BCUT2D eigenvalue weighted by Crippen LogP contribution is -2.29. The van der Waals surface area contributed by atoms with Crippen LogP contribution in [0.5, 0.6) is 0 Å². The molecule has 20 heavy (non-hydrogen) atoms. The Bertz CT molecular complexity index is 461. The molecule has 2 aliphatic rings. The summed E-state index contributed by atoms with van der Waals surface area (Å²) in [5, 5.41) is 4.49. The molecule has 1 aromatic rings. The van der Waals surface area contributed by atoms with Crippen LogP contribution >= 0.6 is 11.8 Å². The minimum atomic E-state index is -0.573. The van der Waals surface area contributed by atoms with Gasteiger partial charge in [-0.25, -0.2) is 0 Å². The second kappa shape index (κ2) is 6.99. The summed E-state index contributed by atoms with van der Waals surface area (Å²) < 4.78 is 11.4. The maximum absolute atomic E-state index is 11.4. The highest BCUT2D eigenvalue weighted by Gasteiger charge is 2.20. The van der Waals surface area contributed by atoms with Crippen molar-refractivity contribution in [2.45, 2.75) is 54.7 Å². The summed E-state index contributed by atoms with van der Waals surface area (Å²) >= 11 is 2.04. The molecular weight excluding hydrogens is 286 g/mol. The van der Waals surface area contributed by atoms with Crippen molar-refractivity contribution in [3.63, 3.8) is 0 Å². The normalized spacial score (nSPS) is 27.6. The molecule has 4 heteroatoms. The van der Waals surface area contributed by atoms with Gasteiger partial charge in [-0.3, -0.25) is 4.21 Å². The van der Waals surface area contributed by atoms with Crippen LogP contribution in [0.1, 0.15) is 38.5 Å². The summed E-state index contributed by atoms with van der Waals surface area (Å²) in [4.78, 5) is 1.39. The van der Waals surface area contributed by atoms with Crippen LogP contribution in [0.4, 0.5) is 5.69 Å². The Kier molecular flexibility index (Phi) is 5.05. The van der Waals surface area contributed by atoms with Crippen molar-refractivity contribution >= 4 is 28.2 Å². The van der Waals surface area contributed by atoms with E-state index < -0.39 is 10.8 Å². The second-order valence-electron chi connectivity index (χ2n) is 5.79. The first-order valence-corrected chi connectivity index (χ1v) is 10.1. The highest BCUT2D eigenvalue weighted by Crippen LogP contribution is 2.38. The standard InChI is InChI=1S/C16H23NOS2/c18-20-11-9-13(10-12-20)17-15-7-3-4-8-16(15)19-14-5-1-2-6-14/h3-4,7-8,13-14,17H,1-2,5-6,9-12H2. The Balaban J connectivity index is 1.64. The van der Waals surface area contributed by atoms with Crippen LogP contribution in [0, 0.1) is 0 Å². The van der Waals surface area contributed by atoms with E-state index in [-0.39, 0.29) is 0 Å². The van der Waals surface area contributed by atoms with Gasteiger partial charge >= 0.3 is 0 Å². The highest BCUT2D eigenvalue weighted by atomic mass is 32.2. The maximum atomic E-state index is 11.4. The quantitative estimate of drug-likeness (QED) is 0.910. The summed E-state index contributed by atoms with van der Waals surface area (Å²) in [6.45, 7) is 0. The van der Waals surface area contributed by atoms with Crippen LogP contribution in [-0.4, -0.2) is 27.0 Å². The number of anilines is 1. The van der Waals surface area contributed by atoms with Gasteiger partial charge in [-0.05, 0) is 37.8 Å². The van der Waals surface area contributed by atoms with Crippen LogP contribution < -0.4 is 5.32 Å². The Morgan fingerprint density at radius 1 is 1.05 bits per heavy atom. The van der Waals surface area contributed by atoms with Gasteiger partial charge in [-0.15, -0.1) is 11.8 Å². The first kappa shape index (κ1) is 14.5. The van der Waals surface area contributed by atoms with E-state index in [4.69, 9.17) is 0 Å². The summed E-state index contributed by atoms with van der Waals surface area (Å²) in [5.74, 6) is 1.71. The molecule has 2 fully saturated rings. The molecular formula is C16H23NOS2. The molecule has 0 amide bonds. The third-order valence-corrected chi connectivity index (χ3v) is 7.03. The van der Waals surface area contributed by atoms with Crippen molar-refractivity contribution < 1.29 is 4.21 Å². The Labute approximate surface area is 128 Å². The number of nitrogens with one attached hydrogen (secondary N) is 1. The van der Waals surface area contributed by atoms with Crippen LogP contribution in [0.25, 0.3) is 0 Å². The van der Waals surface area contributed by atoms with Gasteiger partial charge in [0.05, 0.1) is 0 Å². The van der Waals surface area contributed by atoms with E-state index in [2.05, 4.69) is 29.6 Å². The molecule has 0 radical (unpaired) electrons. The molecule has 110 valence electrons. The van der Waals surface area contributed by atoms with Crippen molar-refractivity contribution in [3.8, 4) is 0 Å². The Morgan fingerprint density at radius 3 is 2.50 bits per heavy atom. The smallest absolute Gasteiger partial charge is 0.0480 e. The van der Waals surface area contributed by atoms with Gasteiger partial charge in [-0.2, -0.15) is 0 Å². The molecule has 1 aliphatic carbocycles. The van der Waals surface area contributed by atoms with Gasteiger partial charge in [0, 0.05) is 44.2 Å². The molecule has 1 saturated carbocycles. The molecule has 2 nitrogen and oxygen atoms in total. The minimum absolute atomic E-state index is 0.498. The zero-order chi connectivity index (χ0) is 13.8. The largest absolute Gasteiger partial charge is 0.381 e. The number of thioether (sulfide) groups is 1. The van der Waals surface area contributed by atoms with Crippen LogP contribution in [0.15, 0.2) is 29.2 Å². The number of rotatable bonds is 4. The van der Waals surface area contributed by atoms with Crippen molar-refractivity contribution in [2.75, 3.05) is 16.8 Å². The van der Waals surface area contributed by atoms with E-state index in [1.54, 1.807) is 0 Å². The fourth-order valence-corrected chi connectivity index (χ4v) is 5.67. The van der Waals surface area contributed by atoms with Gasteiger partial charge in [0.15, 0.2) is 0 Å². The van der Waals surface area contributed by atoms with Gasteiger partial charge in [0.25, 0.3) is 0 Å². The van der Waals surface area contributed by atoms with E-state index in [0.29, 0.717) is 6.04 Å². The highest BCUT2D eigenvalue weighted by molar-refractivity contribution is 8.00. The summed E-state index contributed by atoms with van der Waals surface area (Å²) in [6.07, 6.45) is 7.58. The number of benzene rings is 1. The van der Waals surface area contributed by atoms with Crippen molar-refractivity contribution in [1.29, 1.82) is 0 Å². The second-order valence-corrected chi connectivity index (χ2v) is 8.83. The van der Waals surface area contributed by atoms with E-state index in [0.717, 1.165) is 29.6 Å². The molecule has 0 unspecified atom stereocenters. The average Bonchev–Trinajstić information content (AvgIpc) is 2.96. The fourth-order valence-electron chi connectivity index (χ4n) is 3.03. The lowest BCUT2D eigenvalue weighted by molar-refractivity contribution is 0.623. The van der Waals surface area contributed by atoms with Gasteiger partial charge in [-0.1, -0.05) is 25.0 Å².